The van der Waals surface area contributed by atoms with Crippen LogP contribution < -0.4 is 0 Å². The van der Waals surface area contributed by atoms with E-state index in [0.29, 0.717) is 5.92 Å². The van der Waals surface area contributed by atoms with Gasteiger partial charge in [0.1, 0.15) is 0 Å². The molecule has 0 atom stereocenters. The van der Waals surface area contributed by atoms with E-state index < -0.39 is 0 Å². The summed E-state index contributed by atoms with van der Waals surface area (Å²) >= 11 is 0. The van der Waals surface area contributed by atoms with Gasteiger partial charge in [-0.2, -0.15) is 0 Å². The second-order valence-corrected chi connectivity index (χ2v) is 5.37. The molecule has 0 radical (unpaired) electrons. The molecule has 0 spiro atoms. The van der Waals surface area contributed by atoms with Crippen molar-refractivity contribution in [3.8, 4) is 0 Å². The summed E-state index contributed by atoms with van der Waals surface area (Å²) in [7, 11) is 2.19. The van der Waals surface area contributed by atoms with Gasteiger partial charge in [-0.25, -0.2) is 0 Å². The fraction of sp³-hybridized carbons (Fsp3) is 0.667. The Hall–Kier alpha value is -0.930. The highest BCUT2D eigenvalue weighted by Gasteiger charge is 2.25. The van der Waals surface area contributed by atoms with Gasteiger partial charge in [-0.05, 0) is 68.9 Å². The summed E-state index contributed by atoms with van der Waals surface area (Å²) in [5.74, 6) is 0.708. The molecule has 1 aliphatic heterocycles. The molecule has 100 valence electrons. The van der Waals surface area contributed by atoms with Crippen molar-refractivity contribution in [2.45, 2.75) is 44.6 Å². The molecule has 0 amide bonds. The molecule has 0 bridgehead atoms. The topological polar surface area (TPSA) is 36.4 Å². The number of piperidine rings is 1. The third-order valence-electron chi connectivity index (χ3n) is 3.71. The van der Waals surface area contributed by atoms with E-state index in [1.807, 2.05) is 6.07 Å². The third kappa shape index (κ3) is 4.07. The highest BCUT2D eigenvalue weighted by Crippen LogP contribution is 2.41. The number of aliphatic hydroxyl groups excluding tert-OH is 1. The number of pyridine rings is 1. The highest BCUT2D eigenvalue weighted by atomic mass is 16.3. The Balaban J connectivity index is 0.000000149. The highest BCUT2D eigenvalue weighted by molar-refractivity contribution is 5.29. The van der Waals surface area contributed by atoms with E-state index >= 15 is 0 Å². The van der Waals surface area contributed by atoms with Crippen LogP contribution in [0.1, 0.15) is 49.1 Å². The lowest BCUT2D eigenvalue weighted by Crippen LogP contribution is -2.24. The van der Waals surface area contributed by atoms with Crippen LogP contribution in [0.5, 0.6) is 0 Å². The molecule has 1 aromatic heterocycles. The first-order valence-corrected chi connectivity index (χ1v) is 7.03. The molecule has 3 nitrogen and oxygen atoms in total. The second-order valence-electron chi connectivity index (χ2n) is 5.37. The van der Waals surface area contributed by atoms with E-state index in [1.54, 1.807) is 12.4 Å². The lowest BCUT2D eigenvalue weighted by atomic mass is 10.1. The van der Waals surface area contributed by atoms with Crippen molar-refractivity contribution in [2.75, 3.05) is 20.1 Å². The van der Waals surface area contributed by atoms with Gasteiger partial charge in [-0.1, -0.05) is 6.42 Å². The molecule has 1 saturated heterocycles. The largest absolute Gasteiger partial charge is 0.392 e. The van der Waals surface area contributed by atoms with Gasteiger partial charge in [0.15, 0.2) is 0 Å². The molecule has 2 heterocycles. The number of likely N-dealkylation sites (tertiary alicyclic amines) is 1. The molecule has 18 heavy (non-hydrogen) atoms. The van der Waals surface area contributed by atoms with Crippen LogP contribution in [0.2, 0.25) is 0 Å². The molecule has 2 aliphatic rings. The lowest BCUT2D eigenvalue weighted by Gasteiger charge is -2.20. The third-order valence-corrected chi connectivity index (χ3v) is 3.71. The SMILES string of the molecule is CN1CCCCC1.OCc1cnccc1C1CC1. The fourth-order valence-corrected chi connectivity index (χ4v) is 2.41. The average molecular weight is 248 g/mol. The summed E-state index contributed by atoms with van der Waals surface area (Å²) < 4.78 is 0. The summed E-state index contributed by atoms with van der Waals surface area (Å²) in [5, 5.41) is 8.96. The summed E-state index contributed by atoms with van der Waals surface area (Å²) in [4.78, 5) is 6.36. The Morgan fingerprint density at radius 2 is 2.00 bits per heavy atom. The van der Waals surface area contributed by atoms with Gasteiger partial charge in [0.25, 0.3) is 0 Å². The molecule has 1 N–H and O–H groups in total. The molecular weight excluding hydrogens is 224 g/mol. The Morgan fingerprint density at radius 3 is 2.50 bits per heavy atom. The van der Waals surface area contributed by atoms with Crippen LogP contribution in [0, 0.1) is 0 Å². The Kier molecular flexibility index (Phi) is 5.14. The molecule has 3 rings (SSSR count). The van der Waals surface area contributed by atoms with Crippen molar-refractivity contribution in [1.29, 1.82) is 0 Å². The Morgan fingerprint density at radius 1 is 1.28 bits per heavy atom. The zero-order valence-corrected chi connectivity index (χ0v) is 11.3. The van der Waals surface area contributed by atoms with E-state index in [0.717, 1.165) is 5.56 Å². The van der Waals surface area contributed by atoms with Gasteiger partial charge in [-0.3, -0.25) is 4.98 Å². The van der Waals surface area contributed by atoms with E-state index in [-0.39, 0.29) is 6.61 Å². The first-order chi connectivity index (χ1) is 8.81. The number of hydrogen-bond acceptors (Lipinski definition) is 3. The first-order valence-electron chi connectivity index (χ1n) is 7.03. The molecule has 1 aliphatic carbocycles. The summed E-state index contributed by atoms with van der Waals surface area (Å²) in [6.07, 6.45) is 10.4. The molecule has 3 heteroatoms. The predicted octanol–water partition coefficient (Wildman–Crippen LogP) is 2.55. The minimum atomic E-state index is 0.125. The molecule has 2 fully saturated rings. The normalized spacial score (nSPS) is 20.1. The van der Waals surface area contributed by atoms with Crippen LogP contribution >= 0.6 is 0 Å². The maximum atomic E-state index is 8.96. The number of aliphatic hydroxyl groups is 1. The smallest absolute Gasteiger partial charge is 0.0699 e. The fourth-order valence-electron chi connectivity index (χ4n) is 2.41. The maximum absolute atomic E-state index is 8.96. The minimum Gasteiger partial charge on any atom is -0.392 e. The molecule has 0 unspecified atom stereocenters. The lowest BCUT2D eigenvalue weighted by molar-refractivity contribution is 0.277. The molecular formula is C15H24N2O. The van der Waals surface area contributed by atoms with Crippen LogP contribution in [0.3, 0.4) is 0 Å². The van der Waals surface area contributed by atoms with Crippen molar-refractivity contribution in [1.82, 2.24) is 9.88 Å². The zero-order valence-electron chi connectivity index (χ0n) is 11.3. The van der Waals surface area contributed by atoms with Crippen LogP contribution in [0.25, 0.3) is 0 Å². The van der Waals surface area contributed by atoms with Gasteiger partial charge in [0, 0.05) is 12.4 Å². The second kappa shape index (κ2) is 6.86. The zero-order chi connectivity index (χ0) is 12.8. The Bertz CT molecular complexity index is 357. The predicted molar refractivity (Wildman–Crippen MR) is 73.5 cm³/mol. The molecule has 1 aromatic rings. The van der Waals surface area contributed by atoms with Gasteiger partial charge in [-0.15, -0.1) is 0 Å². The van der Waals surface area contributed by atoms with E-state index in [2.05, 4.69) is 16.9 Å². The summed E-state index contributed by atoms with van der Waals surface area (Å²) in [6, 6.07) is 2.02. The van der Waals surface area contributed by atoms with Crippen molar-refractivity contribution in [3.63, 3.8) is 0 Å². The van der Waals surface area contributed by atoms with Crippen molar-refractivity contribution in [3.05, 3.63) is 29.6 Å². The first kappa shape index (κ1) is 13.5. The van der Waals surface area contributed by atoms with E-state index in [4.69, 9.17) is 5.11 Å². The number of aromatic nitrogens is 1. The number of hydrogen-bond donors (Lipinski definition) is 1. The molecule has 0 aromatic carbocycles. The van der Waals surface area contributed by atoms with Crippen molar-refractivity contribution >= 4 is 0 Å². The van der Waals surface area contributed by atoms with E-state index in [9.17, 15) is 0 Å². The number of rotatable bonds is 2. The minimum absolute atomic E-state index is 0.125. The Labute approximate surface area is 110 Å². The van der Waals surface area contributed by atoms with Gasteiger partial charge < -0.3 is 10.0 Å². The van der Waals surface area contributed by atoms with Gasteiger partial charge in [0.2, 0.25) is 0 Å². The van der Waals surface area contributed by atoms with Gasteiger partial charge >= 0.3 is 0 Å². The monoisotopic (exact) mass is 248 g/mol. The summed E-state index contributed by atoms with van der Waals surface area (Å²) in [5.41, 5.74) is 2.29. The van der Waals surface area contributed by atoms with Crippen LogP contribution in [0.4, 0.5) is 0 Å². The van der Waals surface area contributed by atoms with Crippen LogP contribution in [-0.2, 0) is 6.61 Å². The van der Waals surface area contributed by atoms with Crippen molar-refractivity contribution in [2.24, 2.45) is 0 Å². The van der Waals surface area contributed by atoms with E-state index in [1.165, 1.54) is 50.8 Å². The average Bonchev–Trinajstić information content (AvgIpc) is 3.25. The molecule has 1 saturated carbocycles. The van der Waals surface area contributed by atoms with Crippen LogP contribution in [0.15, 0.2) is 18.5 Å². The van der Waals surface area contributed by atoms with Gasteiger partial charge in [0.05, 0.1) is 6.61 Å². The summed E-state index contributed by atoms with van der Waals surface area (Å²) in [6.45, 7) is 2.76. The standard InChI is InChI=1S/C9H11NO.C6H13N/c11-6-8-5-10-4-3-9(8)7-1-2-7;1-7-5-3-2-4-6-7/h3-5,7,11H,1-2,6H2;2-6H2,1H3. The van der Waals surface area contributed by atoms with Crippen LogP contribution in [-0.4, -0.2) is 35.1 Å². The van der Waals surface area contributed by atoms with Crippen molar-refractivity contribution < 1.29 is 5.11 Å². The number of nitrogens with zero attached hydrogens (tertiary/aromatic N) is 2. The quantitative estimate of drug-likeness (QED) is 0.874. The maximum Gasteiger partial charge on any atom is 0.0699 e.